The van der Waals surface area contributed by atoms with E-state index in [0.29, 0.717) is 18.5 Å². The molecule has 0 fully saturated rings. The van der Waals surface area contributed by atoms with Crippen LogP contribution in [0.3, 0.4) is 0 Å². The third-order valence-corrected chi connectivity index (χ3v) is 6.91. The van der Waals surface area contributed by atoms with E-state index in [1.54, 1.807) is 30.3 Å². The van der Waals surface area contributed by atoms with Crippen LogP contribution in [0.4, 0.5) is 4.79 Å². The van der Waals surface area contributed by atoms with E-state index in [1.807, 2.05) is 50.2 Å². The SMILES string of the molecule is CC(C)C[C@H](NC(=O)[C@@H](N)CCCNC(=N)N)C(=O)N(C(=O)OCc1ccccc1)[C@H](CNC(=O)/C=C/c1ccccc1)[C@@H](C)O. The molecular weight excluding hydrogens is 590 g/mol. The van der Waals surface area contributed by atoms with Gasteiger partial charge in [-0.15, -0.1) is 0 Å². The summed E-state index contributed by atoms with van der Waals surface area (Å²) in [6.45, 7) is 5.00. The van der Waals surface area contributed by atoms with Crippen LogP contribution in [0, 0.1) is 11.3 Å². The topological polar surface area (TPSA) is 213 Å². The molecule has 0 aliphatic carbocycles. The average molecular weight is 638 g/mol. The van der Waals surface area contributed by atoms with E-state index < -0.39 is 48.0 Å². The van der Waals surface area contributed by atoms with E-state index >= 15 is 0 Å². The van der Waals surface area contributed by atoms with Gasteiger partial charge in [-0.05, 0) is 49.3 Å². The number of nitrogens with two attached hydrogens (primary N) is 2. The Labute approximate surface area is 270 Å². The summed E-state index contributed by atoms with van der Waals surface area (Å²) in [5, 5.41) is 26.0. The van der Waals surface area contributed by atoms with Crippen LogP contribution in [0.5, 0.6) is 0 Å². The third-order valence-electron chi connectivity index (χ3n) is 6.91. The molecule has 0 spiro atoms. The summed E-state index contributed by atoms with van der Waals surface area (Å²) in [4.78, 5) is 54.2. The second kappa shape index (κ2) is 19.6. The van der Waals surface area contributed by atoms with Crippen LogP contribution in [0.15, 0.2) is 66.7 Å². The van der Waals surface area contributed by atoms with Crippen molar-refractivity contribution in [2.45, 2.75) is 70.9 Å². The van der Waals surface area contributed by atoms with E-state index in [1.165, 1.54) is 13.0 Å². The van der Waals surface area contributed by atoms with Gasteiger partial charge in [0, 0.05) is 19.2 Å². The van der Waals surface area contributed by atoms with Gasteiger partial charge in [-0.2, -0.15) is 0 Å². The maximum atomic E-state index is 14.1. The summed E-state index contributed by atoms with van der Waals surface area (Å²) in [6.07, 6.45) is 1.44. The lowest BCUT2D eigenvalue weighted by Gasteiger charge is -2.34. The number of nitrogens with zero attached hydrogens (tertiary/aromatic N) is 1. The Kier molecular flexibility index (Phi) is 15.9. The summed E-state index contributed by atoms with van der Waals surface area (Å²) < 4.78 is 5.50. The molecule has 2 rings (SSSR count). The zero-order chi connectivity index (χ0) is 34.1. The van der Waals surface area contributed by atoms with Crippen molar-refractivity contribution in [2.75, 3.05) is 13.1 Å². The fourth-order valence-corrected chi connectivity index (χ4v) is 4.47. The number of carbonyl (C=O) groups is 4. The van der Waals surface area contributed by atoms with Crippen molar-refractivity contribution >= 4 is 35.9 Å². The first-order chi connectivity index (χ1) is 21.9. The fraction of sp³-hybridized carbons (Fsp3) is 0.424. The van der Waals surface area contributed by atoms with Crippen LogP contribution in [-0.4, -0.2) is 77.1 Å². The van der Waals surface area contributed by atoms with Crippen molar-refractivity contribution in [3.63, 3.8) is 0 Å². The molecule has 2 aromatic carbocycles. The molecule has 13 nitrogen and oxygen atoms in total. The summed E-state index contributed by atoms with van der Waals surface area (Å²) in [5.74, 6) is -2.20. The van der Waals surface area contributed by atoms with Gasteiger partial charge in [-0.3, -0.25) is 19.8 Å². The number of ether oxygens (including phenoxy) is 1. The molecule has 0 saturated carbocycles. The molecule has 0 saturated heterocycles. The molecule has 0 aliphatic rings. The normalized spacial score (nSPS) is 13.7. The highest BCUT2D eigenvalue weighted by Gasteiger charge is 2.39. The number of carbonyl (C=O) groups excluding carboxylic acids is 4. The van der Waals surface area contributed by atoms with E-state index in [0.717, 1.165) is 10.5 Å². The lowest BCUT2D eigenvalue weighted by Crippen LogP contribution is -2.60. The van der Waals surface area contributed by atoms with Crippen molar-refractivity contribution < 1.29 is 29.0 Å². The van der Waals surface area contributed by atoms with E-state index in [4.69, 9.17) is 21.6 Å². The molecular formula is C33H47N7O6. The molecule has 250 valence electrons. The predicted molar refractivity (Wildman–Crippen MR) is 176 cm³/mol. The van der Waals surface area contributed by atoms with Crippen molar-refractivity contribution in [3.8, 4) is 0 Å². The maximum absolute atomic E-state index is 14.1. The molecule has 9 N–H and O–H groups in total. The summed E-state index contributed by atoms with van der Waals surface area (Å²) in [6, 6.07) is 14.6. The van der Waals surface area contributed by atoms with E-state index in [2.05, 4.69) is 16.0 Å². The summed E-state index contributed by atoms with van der Waals surface area (Å²) in [7, 11) is 0. The molecule has 2 aromatic rings. The highest BCUT2D eigenvalue weighted by atomic mass is 16.6. The van der Waals surface area contributed by atoms with Gasteiger partial charge in [0.2, 0.25) is 11.8 Å². The molecule has 13 heteroatoms. The predicted octanol–water partition coefficient (Wildman–Crippen LogP) is 1.85. The lowest BCUT2D eigenvalue weighted by molar-refractivity contribution is -0.139. The number of guanidine groups is 1. The Bertz CT molecular complexity index is 1300. The van der Waals surface area contributed by atoms with Gasteiger partial charge in [0.25, 0.3) is 5.91 Å². The molecule has 0 bridgehead atoms. The van der Waals surface area contributed by atoms with Gasteiger partial charge in [0.05, 0.1) is 18.2 Å². The molecule has 0 radical (unpaired) electrons. The summed E-state index contributed by atoms with van der Waals surface area (Å²) >= 11 is 0. The van der Waals surface area contributed by atoms with Gasteiger partial charge in [-0.25, -0.2) is 9.69 Å². The maximum Gasteiger partial charge on any atom is 0.417 e. The number of rotatable bonds is 17. The van der Waals surface area contributed by atoms with Gasteiger partial charge in [0.15, 0.2) is 5.96 Å². The number of amides is 4. The minimum atomic E-state index is -1.28. The third kappa shape index (κ3) is 13.5. The lowest BCUT2D eigenvalue weighted by atomic mass is 10.00. The number of hydrogen-bond acceptors (Lipinski definition) is 8. The van der Waals surface area contributed by atoms with Gasteiger partial charge in [-0.1, -0.05) is 74.5 Å². The highest BCUT2D eigenvalue weighted by Crippen LogP contribution is 2.16. The van der Waals surface area contributed by atoms with E-state index in [-0.39, 0.29) is 37.9 Å². The van der Waals surface area contributed by atoms with Crippen LogP contribution in [0.25, 0.3) is 6.08 Å². The van der Waals surface area contributed by atoms with E-state index in [9.17, 15) is 24.3 Å². The monoisotopic (exact) mass is 637 g/mol. The molecule has 4 atom stereocenters. The second-order valence-corrected chi connectivity index (χ2v) is 11.3. The summed E-state index contributed by atoms with van der Waals surface area (Å²) in [5.41, 5.74) is 12.8. The highest BCUT2D eigenvalue weighted by molar-refractivity contribution is 5.98. The zero-order valence-electron chi connectivity index (χ0n) is 26.6. The van der Waals surface area contributed by atoms with Gasteiger partial charge < -0.3 is 37.3 Å². The standard InChI is InChI=1S/C33H47N7O6/c1-22(2)19-27(39-30(43)26(34)15-10-18-37-32(35)36)31(44)40(33(45)46-21-25-13-8-5-9-14-25)28(23(3)41)20-38-29(42)17-16-24-11-6-4-7-12-24/h4-9,11-14,16-17,22-23,26-28,41H,10,15,18-21,34H2,1-3H3,(H,38,42)(H,39,43)(H4,35,36,37)/b17-16+/t23-,26+,27+,28-/m1/s1. The average Bonchev–Trinajstić information content (AvgIpc) is 3.02. The number of imide groups is 1. The van der Waals surface area contributed by atoms with Crippen molar-refractivity contribution in [2.24, 2.45) is 17.4 Å². The Balaban J connectivity index is 2.29. The van der Waals surface area contributed by atoms with Gasteiger partial charge >= 0.3 is 6.09 Å². The first-order valence-corrected chi connectivity index (χ1v) is 15.3. The number of nitrogens with one attached hydrogen (secondary N) is 4. The van der Waals surface area contributed by atoms with Crippen molar-refractivity contribution in [1.29, 1.82) is 5.41 Å². The minimum Gasteiger partial charge on any atom is -0.444 e. The van der Waals surface area contributed by atoms with Crippen LogP contribution in [0.1, 0.15) is 51.2 Å². The van der Waals surface area contributed by atoms with Crippen LogP contribution >= 0.6 is 0 Å². The number of aliphatic hydroxyl groups excluding tert-OH is 1. The van der Waals surface area contributed by atoms with Crippen molar-refractivity contribution in [1.82, 2.24) is 20.9 Å². The van der Waals surface area contributed by atoms with Crippen molar-refractivity contribution in [3.05, 3.63) is 77.9 Å². The smallest absolute Gasteiger partial charge is 0.417 e. The molecule has 4 amide bonds. The molecule has 0 aliphatic heterocycles. The quantitative estimate of drug-likeness (QED) is 0.0583. The molecule has 46 heavy (non-hydrogen) atoms. The zero-order valence-corrected chi connectivity index (χ0v) is 26.6. The Morgan fingerprint density at radius 2 is 1.63 bits per heavy atom. The molecule has 0 heterocycles. The van der Waals surface area contributed by atoms with Crippen LogP contribution in [-0.2, 0) is 25.7 Å². The van der Waals surface area contributed by atoms with Crippen LogP contribution in [0.2, 0.25) is 0 Å². The minimum absolute atomic E-state index is 0.0831. The first kappa shape index (κ1) is 37.4. The van der Waals surface area contributed by atoms with Crippen LogP contribution < -0.4 is 27.4 Å². The van der Waals surface area contributed by atoms with Gasteiger partial charge in [0.1, 0.15) is 12.6 Å². The Hall–Kier alpha value is -4.75. The number of aliphatic hydroxyl groups is 1. The fourth-order valence-electron chi connectivity index (χ4n) is 4.47. The second-order valence-electron chi connectivity index (χ2n) is 11.3. The Morgan fingerprint density at radius 1 is 1.00 bits per heavy atom. The molecule has 0 unspecified atom stereocenters. The largest absolute Gasteiger partial charge is 0.444 e. The Morgan fingerprint density at radius 3 is 2.22 bits per heavy atom. The number of benzene rings is 2. The molecule has 0 aromatic heterocycles. The first-order valence-electron chi connectivity index (χ1n) is 15.3. The number of hydrogen-bond donors (Lipinski definition) is 7.